The lowest BCUT2D eigenvalue weighted by molar-refractivity contribution is -0.113. The summed E-state index contributed by atoms with van der Waals surface area (Å²) in [6, 6.07) is 12.7. The summed E-state index contributed by atoms with van der Waals surface area (Å²) >= 11 is 9.59. The quantitative estimate of drug-likeness (QED) is 0.217. The third-order valence-electron chi connectivity index (χ3n) is 4.43. The minimum absolute atomic E-state index is 0.138. The van der Waals surface area contributed by atoms with Crippen molar-refractivity contribution < 1.29 is 9.59 Å². The zero-order chi connectivity index (χ0) is 23.1. The van der Waals surface area contributed by atoms with Gasteiger partial charge in [-0.3, -0.25) is 9.59 Å². The largest absolute Gasteiger partial charge is 0.345 e. The Hall–Kier alpha value is -2.37. The van der Waals surface area contributed by atoms with Crippen molar-refractivity contribution in [1.82, 2.24) is 20.1 Å². The maximum atomic E-state index is 12.4. The van der Waals surface area contributed by atoms with Gasteiger partial charge in [0.2, 0.25) is 5.91 Å². The van der Waals surface area contributed by atoms with Gasteiger partial charge < -0.3 is 15.2 Å². The van der Waals surface area contributed by atoms with Crippen LogP contribution in [0.1, 0.15) is 21.7 Å². The second-order valence-electron chi connectivity index (χ2n) is 6.76. The highest BCUT2D eigenvalue weighted by atomic mass is 127. The highest BCUT2D eigenvalue weighted by molar-refractivity contribution is 14.1. The van der Waals surface area contributed by atoms with Crippen LogP contribution in [-0.2, 0) is 17.9 Å². The molecule has 7 nitrogen and oxygen atoms in total. The van der Waals surface area contributed by atoms with Crippen molar-refractivity contribution in [3.8, 4) is 0 Å². The second-order valence-corrected chi connectivity index (χ2v) is 9.35. The lowest BCUT2D eigenvalue weighted by Gasteiger charge is -2.10. The highest BCUT2D eigenvalue weighted by Gasteiger charge is 2.16. The fourth-order valence-electron chi connectivity index (χ4n) is 2.85. The zero-order valence-electron chi connectivity index (χ0n) is 17.3. The molecule has 2 aromatic carbocycles. The number of carbonyl (C=O) groups is 2. The molecule has 0 spiro atoms. The predicted octanol–water partition coefficient (Wildman–Crippen LogP) is 4.69. The lowest BCUT2D eigenvalue weighted by atomic mass is 10.2. The Morgan fingerprint density at radius 1 is 1.25 bits per heavy atom. The van der Waals surface area contributed by atoms with E-state index in [1.807, 2.05) is 29.7 Å². The van der Waals surface area contributed by atoms with Gasteiger partial charge in [-0.1, -0.05) is 41.6 Å². The molecule has 0 radical (unpaired) electrons. The van der Waals surface area contributed by atoms with Crippen molar-refractivity contribution in [1.29, 1.82) is 0 Å². The summed E-state index contributed by atoms with van der Waals surface area (Å²) in [4.78, 5) is 24.8. The average Bonchev–Trinajstić information content (AvgIpc) is 3.15. The number of aromatic nitrogens is 3. The first-order valence-corrected chi connectivity index (χ1v) is 12.1. The summed E-state index contributed by atoms with van der Waals surface area (Å²) in [5.41, 5.74) is 2.18. The number of thioether (sulfide) groups is 1. The minimum atomic E-state index is -0.301. The van der Waals surface area contributed by atoms with Gasteiger partial charge in [0.15, 0.2) is 11.0 Å². The van der Waals surface area contributed by atoms with Gasteiger partial charge in [0.05, 0.1) is 22.9 Å². The van der Waals surface area contributed by atoms with E-state index in [2.05, 4.69) is 50.0 Å². The molecule has 3 aromatic rings. The van der Waals surface area contributed by atoms with Crippen molar-refractivity contribution in [3.05, 3.63) is 80.7 Å². The maximum Gasteiger partial charge on any atom is 0.253 e. The molecule has 0 aliphatic rings. The number of anilines is 1. The van der Waals surface area contributed by atoms with Crippen LogP contribution in [0.4, 0.5) is 5.69 Å². The topological polar surface area (TPSA) is 88.9 Å². The van der Waals surface area contributed by atoms with Gasteiger partial charge in [0.1, 0.15) is 0 Å². The summed E-state index contributed by atoms with van der Waals surface area (Å²) < 4.78 is 2.92. The molecule has 0 fully saturated rings. The molecule has 0 unspecified atom stereocenters. The summed E-state index contributed by atoms with van der Waals surface area (Å²) in [6.45, 7) is 6.34. The Morgan fingerprint density at radius 2 is 2.03 bits per heavy atom. The van der Waals surface area contributed by atoms with Crippen molar-refractivity contribution in [2.75, 3.05) is 11.1 Å². The van der Waals surface area contributed by atoms with Crippen LogP contribution in [0.25, 0.3) is 0 Å². The molecule has 0 saturated heterocycles. The van der Waals surface area contributed by atoms with Crippen LogP contribution in [0.2, 0.25) is 5.02 Å². The van der Waals surface area contributed by atoms with Gasteiger partial charge in [0, 0.05) is 15.8 Å². The van der Waals surface area contributed by atoms with E-state index in [-0.39, 0.29) is 24.1 Å². The summed E-state index contributed by atoms with van der Waals surface area (Å²) in [6.07, 6.45) is 1.71. The molecule has 2 N–H and O–H groups in total. The number of hydrogen-bond acceptors (Lipinski definition) is 5. The van der Waals surface area contributed by atoms with Crippen molar-refractivity contribution in [2.24, 2.45) is 0 Å². The highest BCUT2D eigenvalue weighted by Crippen LogP contribution is 2.21. The molecule has 0 atom stereocenters. The first kappa shape index (κ1) is 24.3. The second kappa shape index (κ2) is 11.5. The zero-order valence-corrected chi connectivity index (χ0v) is 21.0. The summed E-state index contributed by atoms with van der Waals surface area (Å²) in [5.74, 6) is 0.292. The van der Waals surface area contributed by atoms with Crippen LogP contribution >= 0.6 is 46.0 Å². The number of halogens is 2. The fourth-order valence-corrected chi connectivity index (χ4v) is 4.49. The molecule has 0 aliphatic carbocycles. The van der Waals surface area contributed by atoms with Crippen LogP contribution in [-0.4, -0.2) is 32.3 Å². The van der Waals surface area contributed by atoms with E-state index >= 15 is 0 Å². The van der Waals surface area contributed by atoms with E-state index in [0.717, 1.165) is 14.8 Å². The Kier molecular flexibility index (Phi) is 8.71. The molecular weight excluding hydrogens is 561 g/mol. The van der Waals surface area contributed by atoms with Crippen molar-refractivity contribution in [2.45, 2.75) is 25.2 Å². The van der Waals surface area contributed by atoms with Gasteiger partial charge in [0.25, 0.3) is 5.91 Å². The molecule has 1 heterocycles. The molecular formula is C22H21ClIN5O2S. The standard InChI is InChI=1S/C22H21ClIN5O2S/c1-3-10-29-19(12-25-21(31)16-6-4-5-7-17(16)23)27-28-22(29)32-13-20(30)26-18-9-8-15(24)11-14(18)2/h3-9,11H,1,10,12-13H2,2H3,(H,25,31)(H,26,30). The van der Waals surface area contributed by atoms with Crippen molar-refractivity contribution >= 4 is 63.5 Å². The molecule has 3 rings (SSSR count). The number of rotatable bonds is 9. The number of carbonyl (C=O) groups excluding carboxylic acids is 2. The molecule has 0 bridgehead atoms. The minimum Gasteiger partial charge on any atom is -0.345 e. The molecule has 166 valence electrons. The third-order valence-corrected chi connectivity index (χ3v) is 6.39. The third kappa shape index (κ3) is 6.33. The maximum absolute atomic E-state index is 12.4. The SMILES string of the molecule is C=CCn1c(CNC(=O)c2ccccc2Cl)nnc1SCC(=O)Nc1ccc(I)cc1C. The summed E-state index contributed by atoms with van der Waals surface area (Å²) in [7, 11) is 0. The van der Waals surface area contributed by atoms with Crippen LogP contribution < -0.4 is 10.6 Å². The van der Waals surface area contributed by atoms with E-state index in [9.17, 15) is 9.59 Å². The van der Waals surface area contributed by atoms with E-state index < -0.39 is 0 Å². The van der Waals surface area contributed by atoms with Gasteiger partial charge in [-0.15, -0.1) is 16.8 Å². The normalized spacial score (nSPS) is 10.6. The number of aryl methyl sites for hydroxylation is 1. The van der Waals surface area contributed by atoms with E-state index in [4.69, 9.17) is 11.6 Å². The Bertz CT molecular complexity index is 1150. The van der Waals surface area contributed by atoms with Crippen LogP contribution in [0, 0.1) is 10.5 Å². The fraction of sp³-hybridized carbons (Fsp3) is 0.182. The molecule has 10 heteroatoms. The lowest BCUT2D eigenvalue weighted by Crippen LogP contribution is -2.25. The monoisotopic (exact) mass is 581 g/mol. The Morgan fingerprint density at radius 3 is 2.75 bits per heavy atom. The number of benzene rings is 2. The smallest absolute Gasteiger partial charge is 0.253 e. The average molecular weight is 582 g/mol. The number of amides is 2. The van der Waals surface area contributed by atoms with Crippen LogP contribution in [0.5, 0.6) is 0 Å². The Labute approximate surface area is 209 Å². The van der Waals surface area contributed by atoms with Crippen molar-refractivity contribution in [3.63, 3.8) is 0 Å². The molecule has 1 aromatic heterocycles. The van der Waals surface area contributed by atoms with E-state index in [1.54, 1.807) is 30.3 Å². The Balaban J connectivity index is 1.62. The molecule has 0 aliphatic heterocycles. The molecule has 0 saturated carbocycles. The molecule has 32 heavy (non-hydrogen) atoms. The number of hydrogen-bond donors (Lipinski definition) is 2. The first-order chi connectivity index (χ1) is 15.4. The number of nitrogens with one attached hydrogen (secondary N) is 2. The van der Waals surface area contributed by atoms with E-state index in [0.29, 0.717) is 28.1 Å². The van der Waals surface area contributed by atoms with Gasteiger partial charge >= 0.3 is 0 Å². The van der Waals surface area contributed by atoms with Gasteiger partial charge in [-0.25, -0.2) is 0 Å². The van der Waals surface area contributed by atoms with Gasteiger partial charge in [-0.05, 0) is 65.4 Å². The molecule has 2 amide bonds. The number of allylic oxidation sites excluding steroid dienone is 1. The van der Waals surface area contributed by atoms with Crippen LogP contribution in [0.15, 0.2) is 60.3 Å². The number of nitrogens with zero attached hydrogens (tertiary/aromatic N) is 3. The predicted molar refractivity (Wildman–Crippen MR) is 136 cm³/mol. The van der Waals surface area contributed by atoms with E-state index in [1.165, 1.54) is 11.8 Å². The van der Waals surface area contributed by atoms with Gasteiger partial charge in [-0.2, -0.15) is 0 Å². The van der Waals surface area contributed by atoms with Crippen LogP contribution in [0.3, 0.4) is 0 Å². The summed E-state index contributed by atoms with van der Waals surface area (Å²) in [5, 5.41) is 15.0. The first-order valence-electron chi connectivity index (χ1n) is 9.63.